The number of aliphatic hydroxyl groups is 1. The molecule has 0 saturated heterocycles. The highest BCUT2D eigenvalue weighted by Crippen LogP contribution is 2.24. The average molecular weight is 245 g/mol. The van der Waals surface area contributed by atoms with Gasteiger partial charge in [-0.2, -0.15) is 0 Å². The van der Waals surface area contributed by atoms with Gasteiger partial charge < -0.3 is 14.7 Å². The largest absolute Gasteiger partial charge is 0.392 e. The molecule has 0 spiro atoms. The molecule has 1 N–H and O–H groups in total. The summed E-state index contributed by atoms with van der Waals surface area (Å²) in [6.07, 6.45) is 1.62. The lowest BCUT2D eigenvalue weighted by Crippen LogP contribution is -2.33. The summed E-state index contributed by atoms with van der Waals surface area (Å²) in [4.78, 5) is 6.18. The molecule has 4 nitrogen and oxygen atoms in total. The van der Waals surface area contributed by atoms with Gasteiger partial charge in [-0.15, -0.1) is 0 Å². The zero-order valence-electron chi connectivity index (χ0n) is 9.77. The number of anilines is 1. The predicted molar refractivity (Wildman–Crippen MR) is 64.9 cm³/mol. The van der Waals surface area contributed by atoms with E-state index >= 15 is 0 Å². The summed E-state index contributed by atoms with van der Waals surface area (Å²) in [6, 6.07) is 1.91. The van der Waals surface area contributed by atoms with Gasteiger partial charge in [0.2, 0.25) is 0 Å². The Kier molecular flexibility index (Phi) is 4.99. The lowest BCUT2D eigenvalue weighted by atomic mass is 10.2. The van der Waals surface area contributed by atoms with E-state index in [0.717, 1.165) is 0 Å². The Balaban J connectivity index is 2.87. The van der Waals surface area contributed by atoms with Gasteiger partial charge in [0.1, 0.15) is 5.82 Å². The highest BCUT2D eigenvalue weighted by atomic mass is 35.5. The second kappa shape index (κ2) is 6.03. The van der Waals surface area contributed by atoms with Crippen LogP contribution in [-0.4, -0.2) is 36.9 Å². The molecule has 0 amide bonds. The molecule has 1 aromatic rings. The molecule has 1 rings (SSSR count). The maximum Gasteiger partial charge on any atom is 0.147 e. The molecule has 1 atom stereocenters. The van der Waals surface area contributed by atoms with Gasteiger partial charge in [-0.05, 0) is 18.6 Å². The summed E-state index contributed by atoms with van der Waals surface area (Å²) in [6.45, 7) is 2.59. The van der Waals surface area contributed by atoms with E-state index in [0.29, 0.717) is 23.0 Å². The lowest BCUT2D eigenvalue weighted by molar-refractivity contribution is 0.183. The molecule has 0 fully saturated rings. The number of aliphatic hydroxyl groups excluding tert-OH is 1. The van der Waals surface area contributed by atoms with Crippen LogP contribution in [0.15, 0.2) is 12.3 Å². The number of halogens is 1. The molecule has 0 radical (unpaired) electrons. The van der Waals surface area contributed by atoms with Crippen LogP contribution >= 0.6 is 11.6 Å². The van der Waals surface area contributed by atoms with Crippen molar-refractivity contribution in [3.63, 3.8) is 0 Å². The van der Waals surface area contributed by atoms with E-state index in [1.807, 2.05) is 18.9 Å². The van der Waals surface area contributed by atoms with E-state index in [2.05, 4.69) is 4.98 Å². The third-order valence-electron chi connectivity index (χ3n) is 2.46. The van der Waals surface area contributed by atoms with Crippen molar-refractivity contribution >= 4 is 17.4 Å². The Hall–Kier alpha value is -0.840. The molecule has 90 valence electrons. The van der Waals surface area contributed by atoms with Crippen LogP contribution in [0.5, 0.6) is 0 Å². The maximum absolute atomic E-state index is 8.95. The van der Waals surface area contributed by atoms with Gasteiger partial charge in [0, 0.05) is 20.4 Å². The molecule has 0 aliphatic rings. The SMILES string of the molecule is COCC(C)N(C)c1ncc(CO)cc1Cl. The fraction of sp³-hybridized carbons (Fsp3) is 0.545. The smallest absolute Gasteiger partial charge is 0.147 e. The minimum absolute atomic E-state index is 0.0513. The van der Waals surface area contributed by atoms with Crippen molar-refractivity contribution < 1.29 is 9.84 Å². The normalized spacial score (nSPS) is 12.6. The molecular formula is C11H17ClN2O2. The van der Waals surface area contributed by atoms with E-state index in [1.165, 1.54) is 0 Å². The third kappa shape index (κ3) is 3.07. The molecule has 16 heavy (non-hydrogen) atoms. The van der Waals surface area contributed by atoms with E-state index < -0.39 is 0 Å². The second-order valence-electron chi connectivity index (χ2n) is 3.72. The highest BCUT2D eigenvalue weighted by molar-refractivity contribution is 6.33. The first-order chi connectivity index (χ1) is 7.60. The van der Waals surface area contributed by atoms with Crippen molar-refractivity contribution in [2.45, 2.75) is 19.6 Å². The standard InChI is InChI=1S/C11H17ClN2O2/c1-8(7-16-3)14(2)11-10(12)4-9(6-15)5-13-11/h4-5,8,15H,6-7H2,1-3H3. The number of pyridine rings is 1. The molecule has 0 aliphatic carbocycles. The van der Waals surface area contributed by atoms with E-state index in [1.54, 1.807) is 19.4 Å². The van der Waals surface area contributed by atoms with Gasteiger partial charge in [-0.25, -0.2) is 4.98 Å². The minimum Gasteiger partial charge on any atom is -0.392 e. The summed E-state index contributed by atoms with van der Waals surface area (Å²) >= 11 is 6.09. The van der Waals surface area contributed by atoms with Crippen LogP contribution in [0.2, 0.25) is 5.02 Å². The number of aromatic nitrogens is 1. The first-order valence-electron chi connectivity index (χ1n) is 5.07. The Morgan fingerprint density at radius 3 is 2.81 bits per heavy atom. The van der Waals surface area contributed by atoms with Crippen molar-refractivity contribution in [1.29, 1.82) is 0 Å². The van der Waals surface area contributed by atoms with Gasteiger partial charge >= 0.3 is 0 Å². The van der Waals surface area contributed by atoms with Gasteiger partial charge in [0.15, 0.2) is 0 Å². The van der Waals surface area contributed by atoms with E-state index in [9.17, 15) is 0 Å². The lowest BCUT2D eigenvalue weighted by Gasteiger charge is -2.26. The van der Waals surface area contributed by atoms with E-state index in [4.69, 9.17) is 21.4 Å². The number of likely N-dealkylation sites (N-methyl/N-ethyl adjacent to an activating group) is 1. The van der Waals surface area contributed by atoms with Crippen LogP contribution in [-0.2, 0) is 11.3 Å². The highest BCUT2D eigenvalue weighted by Gasteiger charge is 2.14. The number of nitrogens with zero attached hydrogens (tertiary/aromatic N) is 2. The molecule has 0 saturated carbocycles. The topological polar surface area (TPSA) is 45.6 Å². The van der Waals surface area contributed by atoms with Crippen molar-refractivity contribution in [2.75, 3.05) is 25.7 Å². The number of ether oxygens (including phenoxy) is 1. The maximum atomic E-state index is 8.95. The number of rotatable bonds is 5. The van der Waals surface area contributed by atoms with Crippen molar-refractivity contribution in [1.82, 2.24) is 4.98 Å². The first-order valence-corrected chi connectivity index (χ1v) is 5.45. The van der Waals surface area contributed by atoms with E-state index in [-0.39, 0.29) is 12.6 Å². The average Bonchev–Trinajstić information content (AvgIpc) is 2.28. The number of hydrogen-bond acceptors (Lipinski definition) is 4. The number of hydrogen-bond donors (Lipinski definition) is 1. The summed E-state index contributed by atoms with van der Waals surface area (Å²) < 4.78 is 5.08. The summed E-state index contributed by atoms with van der Waals surface area (Å²) in [5.74, 6) is 0.698. The van der Waals surface area contributed by atoms with Crippen LogP contribution in [0.1, 0.15) is 12.5 Å². The third-order valence-corrected chi connectivity index (χ3v) is 2.74. The molecule has 1 heterocycles. The second-order valence-corrected chi connectivity index (χ2v) is 4.13. The fourth-order valence-electron chi connectivity index (χ4n) is 1.38. The monoisotopic (exact) mass is 244 g/mol. The van der Waals surface area contributed by atoms with Crippen molar-refractivity contribution in [2.24, 2.45) is 0 Å². The quantitative estimate of drug-likeness (QED) is 0.857. The minimum atomic E-state index is -0.0513. The molecule has 0 aliphatic heterocycles. The van der Waals surface area contributed by atoms with Gasteiger partial charge in [-0.3, -0.25) is 0 Å². The Morgan fingerprint density at radius 2 is 2.31 bits per heavy atom. The molecular weight excluding hydrogens is 228 g/mol. The van der Waals surface area contributed by atoms with Crippen molar-refractivity contribution in [3.05, 3.63) is 22.8 Å². The van der Waals surface area contributed by atoms with Crippen LogP contribution in [0.4, 0.5) is 5.82 Å². The molecule has 1 unspecified atom stereocenters. The fourth-order valence-corrected chi connectivity index (χ4v) is 1.70. The summed E-state index contributed by atoms with van der Waals surface area (Å²) in [5, 5.41) is 9.49. The molecule has 5 heteroatoms. The van der Waals surface area contributed by atoms with Gasteiger partial charge in [-0.1, -0.05) is 11.6 Å². The zero-order chi connectivity index (χ0) is 12.1. The zero-order valence-corrected chi connectivity index (χ0v) is 10.5. The van der Waals surface area contributed by atoms with Gasteiger partial charge in [0.25, 0.3) is 0 Å². The van der Waals surface area contributed by atoms with Crippen LogP contribution in [0, 0.1) is 0 Å². The van der Waals surface area contributed by atoms with Crippen LogP contribution in [0.25, 0.3) is 0 Å². The van der Waals surface area contributed by atoms with Gasteiger partial charge in [0.05, 0.1) is 24.3 Å². The Bertz CT molecular complexity index is 347. The molecule has 1 aromatic heterocycles. The van der Waals surface area contributed by atoms with Crippen LogP contribution in [0.3, 0.4) is 0 Å². The predicted octanol–water partition coefficient (Wildman–Crippen LogP) is 1.70. The molecule has 0 aromatic carbocycles. The summed E-state index contributed by atoms with van der Waals surface area (Å²) in [5.41, 5.74) is 0.710. The Labute approximate surface area is 101 Å². The molecule has 0 bridgehead atoms. The first kappa shape index (κ1) is 13.2. The Morgan fingerprint density at radius 1 is 1.62 bits per heavy atom. The van der Waals surface area contributed by atoms with Crippen LogP contribution < -0.4 is 4.90 Å². The number of methoxy groups -OCH3 is 1. The van der Waals surface area contributed by atoms with Crippen molar-refractivity contribution in [3.8, 4) is 0 Å². The summed E-state index contributed by atoms with van der Waals surface area (Å²) in [7, 11) is 3.57.